The Morgan fingerprint density at radius 1 is 1.15 bits per heavy atom. The molecule has 1 atom stereocenters. The Labute approximate surface area is 156 Å². The molecule has 3 rings (SSSR count). The molecule has 1 amide bonds. The number of hydrogen-bond acceptors (Lipinski definition) is 3. The first-order valence-electron chi connectivity index (χ1n) is 8.85. The standard InChI is InChI=1S/C20H22FN5O/c21-13-18(22)23-12-6-11-17(26-20(27)14-7-2-1-3-8-14)19-24-15-9-4-5-10-16(15)25-19/h1-5,7-10,17H,6,11-13H2,(H2,22,23)(H,24,25)(H,26,27). The molecule has 0 saturated carbocycles. The molecule has 140 valence electrons. The van der Waals surface area contributed by atoms with Crippen molar-refractivity contribution in [2.45, 2.75) is 18.9 Å². The largest absolute Gasteiger partial charge is 0.372 e. The van der Waals surface area contributed by atoms with E-state index in [2.05, 4.69) is 20.6 Å². The molecule has 0 radical (unpaired) electrons. The number of fused-ring (bicyclic) bond motifs is 1. The number of carbonyl (C=O) groups is 1. The molecule has 4 N–H and O–H groups in total. The SMILES string of the molecule is N=C(CF)NCCCC(NC(=O)c1ccccc1)c1nc2ccccc2[nH]1. The molecule has 0 bridgehead atoms. The van der Waals surface area contributed by atoms with Crippen molar-refractivity contribution < 1.29 is 9.18 Å². The highest BCUT2D eigenvalue weighted by Gasteiger charge is 2.19. The van der Waals surface area contributed by atoms with Gasteiger partial charge in [-0.15, -0.1) is 0 Å². The lowest BCUT2D eigenvalue weighted by Gasteiger charge is -2.17. The van der Waals surface area contributed by atoms with Crippen LogP contribution in [0.25, 0.3) is 11.0 Å². The Bertz CT molecular complexity index is 876. The number of amides is 1. The number of rotatable bonds is 8. The summed E-state index contributed by atoms with van der Waals surface area (Å²) < 4.78 is 12.4. The summed E-state index contributed by atoms with van der Waals surface area (Å²) >= 11 is 0. The predicted molar refractivity (Wildman–Crippen MR) is 104 cm³/mol. The molecular formula is C20H22FN5O. The van der Waals surface area contributed by atoms with Crippen LogP contribution in [-0.4, -0.2) is 34.9 Å². The number of benzene rings is 2. The number of hydrogen-bond donors (Lipinski definition) is 4. The highest BCUT2D eigenvalue weighted by atomic mass is 19.1. The van der Waals surface area contributed by atoms with Gasteiger partial charge in [-0.25, -0.2) is 9.37 Å². The van der Waals surface area contributed by atoms with Crippen molar-refractivity contribution in [1.82, 2.24) is 20.6 Å². The molecule has 1 aromatic heterocycles. The molecule has 0 fully saturated rings. The minimum Gasteiger partial charge on any atom is -0.372 e. The van der Waals surface area contributed by atoms with Crippen LogP contribution in [0.15, 0.2) is 54.6 Å². The highest BCUT2D eigenvalue weighted by Crippen LogP contribution is 2.20. The lowest BCUT2D eigenvalue weighted by molar-refractivity contribution is 0.0932. The first-order valence-corrected chi connectivity index (χ1v) is 8.85. The average Bonchev–Trinajstić information content (AvgIpc) is 3.14. The van der Waals surface area contributed by atoms with E-state index in [4.69, 9.17) is 5.41 Å². The van der Waals surface area contributed by atoms with Gasteiger partial charge < -0.3 is 15.6 Å². The van der Waals surface area contributed by atoms with E-state index in [-0.39, 0.29) is 17.8 Å². The smallest absolute Gasteiger partial charge is 0.251 e. The van der Waals surface area contributed by atoms with Gasteiger partial charge in [-0.05, 0) is 37.1 Å². The Morgan fingerprint density at radius 3 is 2.63 bits per heavy atom. The Kier molecular flexibility index (Phi) is 6.14. The summed E-state index contributed by atoms with van der Waals surface area (Å²) in [5.41, 5.74) is 2.32. The van der Waals surface area contributed by atoms with E-state index < -0.39 is 6.67 Å². The molecule has 1 heterocycles. The quantitative estimate of drug-likeness (QED) is 0.279. The molecule has 0 aliphatic heterocycles. The number of halogens is 1. The minimum absolute atomic E-state index is 0.136. The van der Waals surface area contributed by atoms with Gasteiger partial charge >= 0.3 is 0 Å². The van der Waals surface area contributed by atoms with Gasteiger partial charge in [0.25, 0.3) is 5.91 Å². The van der Waals surface area contributed by atoms with Crippen molar-refractivity contribution in [2.75, 3.05) is 13.2 Å². The van der Waals surface area contributed by atoms with Crippen LogP contribution >= 0.6 is 0 Å². The fraction of sp³-hybridized carbons (Fsp3) is 0.250. The van der Waals surface area contributed by atoms with E-state index in [0.29, 0.717) is 30.8 Å². The average molecular weight is 367 g/mol. The molecule has 2 aromatic carbocycles. The van der Waals surface area contributed by atoms with E-state index in [1.54, 1.807) is 12.1 Å². The van der Waals surface area contributed by atoms with Crippen LogP contribution < -0.4 is 10.6 Å². The third-order valence-electron chi connectivity index (χ3n) is 4.22. The van der Waals surface area contributed by atoms with Crippen LogP contribution in [0.1, 0.15) is 35.1 Å². The summed E-state index contributed by atoms with van der Waals surface area (Å²) in [4.78, 5) is 20.4. The summed E-state index contributed by atoms with van der Waals surface area (Å²) in [6, 6.07) is 16.4. The van der Waals surface area contributed by atoms with Gasteiger partial charge in [-0.3, -0.25) is 10.2 Å². The molecule has 7 heteroatoms. The summed E-state index contributed by atoms with van der Waals surface area (Å²) in [6.45, 7) is -0.349. The molecule has 0 saturated heterocycles. The molecule has 0 aliphatic rings. The maximum Gasteiger partial charge on any atom is 0.251 e. The monoisotopic (exact) mass is 367 g/mol. The van der Waals surface area contributed by atoms with Gasteiger partial charge in [0, 0.05) is 12.1 Å². The van der Waals surface area contributed by atoms with Gasteiger partial charge in [0.1, 0.15) is 18.3 Å². The van der Waals surface area contributed by atoms with Crippen molar-refractivity contribution in [1.29, 1.82) is 5.41 Å². The maximum atomic E-state index is 12.6. The molecule has 27 heavy (non-hydrogen) atoms. The van der Waals surface area contributed by atoms with Gasteiger partial charge in [-0.2, -0.15) is 0 Å². The summed E-state index contributed by atoms with van der Waals surface area (Å²) in [5.74, 6) is 0.371. The third kappa shape index (κ3) is 4.91. The predicted octanol–water partition coefficient (Wildman–Crippen LogP) is 3.35. The summed E-state index contributed by atoms with van der Waals surface area (Å²) in [6.07, 6.45) is 1.25. The zero-order valence-electron chi connectivity index (χ0n) is 14.8. The van der Waals surface area contributed by atoms with Crippen molar-refractivity contribution in [2.24, 2.45) is 0 Å². The number of imidazole rings is 1. The van der Waals surface area contributed by atoms with Crippen LogP contribution in [0.2, 0.25) is 0 Å². The van der Waals surface area contributed by atoms with Gasteiger partial charge in [0.2, 0.25) is 0 Å². The Hall–Kier alpha value is -3.22. The molecular weight excluding hydrogens is 345 g/mol. The number of para-hydroxylation sites is 2. The first-order chi connectivity index (χ1) is 13.2. The van der Waals surface area contributed by atoms with Crippen molar-refractivity contribution in [3.05, 3.63) is 66.0 Å². The molecule has 1 unspecified atom stereocenters. The van der Waals surface area contributed by atoms with Crippen LogP contribution in [-0.2, 0) is 0 Å². The third-order valence-corrected chi connectivity index (χ3v) is 4.22. The zero-order valence-corrected chi connectivity index (χ0v) is 14.8. The summed E-state index contributed by atoms with van der Waals surface area (Å²) in [7, 11) is 0. The number of aromatic amines is 1. The Balaban J connectivity index is 1.73. The van der Waals surface area contributed by atoms with Crippen LogP contribution in [0.5, 0.6) is 0 Å². The summed E-state index contributed by atoms with van der Waals surface area (Å²) in [5, 5.41) is 13.1. The second-order valence-corrected chi connectivity index (χ2v) is 6.21. The van der Waals surface area contributed by atoms with E-state index in [1.807, 2.05) is 42.5 Å². The van der Waals surface area contributed by atoms with E-state index in [0.717, 1.165) is 11.0 Å². The van der Waals surface area contributed by atoms with Crippen molar-refractivity contribution >= 4 is 22.8 Å². The van der Waals surface area contributed by atoms with Crippen molar-refractivity contribution in [3.63, 3.8) is 0 Å². The fourth-order valence-corrected chi connectivity index (χ4v) is 2.84. The number of carbonyl (C=O) groups excluding carboxylic acids is 1. The van der Waals surface area contributed by atoms with Gasteiger partial charge in [0.15, 0.2) is 0 Å². The number of aromatic nitrogens is 2. The minimum atomic E-state index is -0.808. The normalized spacial score (nSPS) is 11.9. The Morgan fingerprint density at radius 2 is 1.89 bits per heavy atom. The van der Waals surface area contributed by atoms with E-state index in [9.17, 15) is 9.18 Å². The number of alkyl halides is 1. The first kappa shape index (κ1) is 18.6. The lowest BCUT2D eigenvalue weighted by Crippen LogP contribution is -2.31. The lowest BCUT2D eigenvalue weighted by atomic mass is 10.1. The number of nitrogens with one attached hydrogen (secondary N) is 4. The van der Waals surface area contributed by atoms with Crippen LogP contribution in [0, 0.1) is 5.41 Å². The van der Waals surface area contributed by atoms with E-state index in [1.165, 1.54) is 0 Å². The molecule has 3 aromatic rings. The second kappa shape index (κ2) is 8.93. The maximum absolute atomic E-state index is 12.6. The van der Waals surface area contributed by atoms with Crippen LogP contribution in [0.4, 0.5) is 4.39 Å². The second-order valence-electron chi connectivity index (χ2n) is 6.21. The fourth-order valence-electron chi connectivity index (χ4n) is 2.84. The highest BCUT2D eigenvalue weighted by molar-refractivity contribution is 5.94. The molecule has 0 aliphatic carbocycles. The number of nitrogens with zero attached hydrogens (tertiary/aromatic N) is 1. The van der Waals surface area contributed by atoms with Crippen molar-refractivity contribution in [3.8, 4) is 0 Å². The molecule has 0 spiro atoms. The molecule has 6 nitrogen and oxygen atoms in total. The van der Waals surface area contributed by atoms with E-state index >= 15 is 0 Å². The topological polar surface area (TPSA) is 93.7 Å². The van der Waals surface area contributed by atoms with Crippen LogP contribution in [0.3, 0.4) is 0 Å². The zero-order chi connectivity index (χ0) is 19.1. The number of H-pyrrole nitrogens is 1. The van der Waals surface area contributed by atoms with Gasteiger partial charge in [0.05, 0.1) is 17.1 Å². The number of amidine groups is 1. The van der Waals surface area contributed by atoms with Gasteiger partial charge in [-0.1, -0.05) is 30.3 Å².